The fourth-order valence-electron chi connectivity index (χ4n) is 4.23. The van der Waals surface area contributed by atoms with E-state index >= 15 is 0 Å². The molecule has 152 valence electrons. The highest BCUT2D eigenvalue weighted by molar-refractivity contribution is 5.81. The Kier molecular flexibility index (Phi) is 6.07. The van der Waals surface area contributed by atoms with Crippen LogP contribution in [0.5, 0.6) is 0 Å². The average Bonchev–Trinajstić information content (AvgIpc) is 3.57. The Hall–Kier alpha value is -2.50. The van der Waals surface area contributed by atoms with E-state index < -0.39 is 0 Å². The molecule has 1 aromatic carbocycles. The zero-order valence-corrected chi connectivity index (χ0v) is 16.9. The number of aliphatic hydroxyl groups excluding tert-OH is 1. The smallest absolute Gasteiger partial charge is 0.226 e. The van der Waals surface area contributed by atoms with Gasteiger partial charge in [0.25, 0.3) is 0 Å². The topological polar surface area (TPSA) is 65.5 Å². The molecule has 1 aliphatic heterocycles. The molecule has 1 amide bonds. The first-order valence-corrected chi connectivity index (χ1v) is 10.5. The predicted molar refractivity (Wildman–Crippen MR) is 114 cm³/mol. The lowest BCUT2D eigenvalue weighted by atomic mass is 9.77. The molecule has 2 heterocycles. The number of hydrogen-bond donors (Lipinski definition) is 2. The number of carbonyl (C=O) groups is 1. The second-order valence-electron chi connectivity index (χ2n) is 8.11. The van der Waals surface area contributed by atoms with Crippen LogP contribution < -0.4 is 5.32 Å². The Morgan fingerprint density at radius 3 is 2.66 bits per heavy atom. The number of nitrogens with zero attached hydrogens (tertiary/aromatic N) is 2. The lowest BCUT2D eigenvalue weighted by Crippen LogP contribution is -2.65. The maximum atomic E-state index is 12.9. The number of pyridine rings is 1. The number of carbonyl (C=O) groups excluding carboxylic acids is 1. The molecule has 5 nitrogen and oxygen atoms in total. The Bertz CT molecular complexity index is 846. The Morgan fingerprint density at radius 2 is 2.03 bits per heavy atom. The van der Waals surface area contributed by atoms with Gasteiger partial charge in [0.1, 0.15) is 0 Å². The van der Waals surface area contributed by atoms with E-state index in [0.717, 1.165) is 18.4 Å². The van der Waals surface area contributed by atoms with Crippen LogP contribution in [0.1, 0.15) is 42.4 Å². The molecule has 1 aliphatic carbocycles. The minimum atomic E-state index is 0.0313. The molecule has 2 aliphatic rings. The molecular formula is C24H29N3O2. The summed E-state index contributed by atoms with van der Waals surface area (Å²) < 4.78 is 0. The zero-order chi connectivity index (χ0) is 20.2. The number of rotatable bonds is 8. The molecule has 0 bridgehead atoms. The van der Waals surface area contributed by atoms with Crippen molar-refractivity contribution in [1.29, 1.82) is 0 Å². The molecule has 4 rings (SSSR count). The van der Waals surface area contributed by atoms with Crippen LogP contribution in [0, 0.1) is 5.92 Å². The third kappa shape index (κ3) is 4.57. The molecule has 3 atom stereocenters. The Balaban J connectivity index is 1.50. The summed E-state index contributed by atoms with van der Waals surface area (Å²) >= 11 is 0. The number of aliphatic hydroxyl groups is 1. The minimum absolute atomic E-state index is 0.0313. The van der Waals surface area contributed by atoms with Crippen LogP contribution in [0.2, 0.25) is 0 Å². The normalized spacial score (nSPS) is 23.7. The van der Waals surface area contributed by atoms with E-state index in [4.69, 9.17) is 0 Å². The molecule has 1 aromatic heterocycles. The van der Waals surface area contributed by atoms with Gasteiger partial charge in [-0.25, -0.2) is 0 Å². The molecule has 0 spiro atoms. The van der Waals surface area contributed by atoms with Gasteiger partial charge in [-0.1, -0.05) is 42.5 Å². The summed E-state index contributed by atoms with van der Waals surface area (Å²) in [6.07, 6.45) is 9.68. The van der Waals surface area contributed by atoms with E-state index in [1.165, 1.54) is 11.1 Å². The number of allylic oxidation sites excluding steroid dienone is 1. The first-order valence-electron chi connectivity index (χ1n) is 10.5. The van der Waals surface area contributed by atoms with Gasteiger partial charge in [-0.15, -0.1) is 0 Å². The fourth-order valence-corrected chi connectivity index (χ4v) is 4.23. The van der Waals surface area contributed by atoms with Gasteiger partial charge < -0.3 is 15.3 Å². The van der Waals surface area contributed by atoms with Gasteiger partial charge in [0.2, 0.25) is 5.91 Å². The van der Waals surface area contributed by atoms with Gasteiger partial charge in [0.15, 0.2) is 0 Å². The fraction of sp³-hybridized carbons (Fsp3) is 0.417. The number of nitrogens with one attached hydrogen (secondary N) is 1. The molecule has 5 heteroatoms. The summed E-state index contributed by atoms with van der Waals surface area (Å²) in [4.78, 5) is 19.1. The molecule has 1 saturated heterocycles. The van der Waals surface area contributed by atoms with Crippen LogP contribution in [0.4, 0.5) is 0 Å². The predicted octanol–water partition coefficient (Wildman–Crippen LogP) is 2.97. The second kappa shape index (κ2) is 8.89. The summed E-state index contributed by atoms with van der Waals surface area (Å²) in [5.41, 5.74) is 3.43. The van der Waals surface area contributed by atoms with Crippen LogP contribution in [0.15, 0.2) is 54.9 Å². The molecular weight excluding hydrogens is 362 g/mol. The third-order valence-electron chi connectivity index (χ3n) is 5.92. The lowest BCUT2D eigenvalue weighted by molar-refractivity contribution is -0.134. The number of aromatic nitrogens is 1. The Morgan fingerprint density at radius 1 is 1.24 bits per heavy atom. The minimum Gasteiger partial charge on any atom is -0.395 e. The van der Waals surface area contributed by atoms with Crippen molar-refractivity contribution in [2.45, 2.75) is 44.3 Å². The Labute approximate surface area is 172 Å². The highest BCUT2D eigenvalue weighted by Gasteiger charge is 2.43. The molecule has 1 saturated carbocycles. The molecule has 2 aromatic rings. The lowest BCUT2D eigenvalue weighted by Gasteiger charge is -2.47. The first kappa shape index (κ1) is 19.8. The van der Waals surface area contributed by atoms with E-state index in [1.807, 2.05) is 36.2 Å². The van der Waals surface area contributed by atoms with Crippen LogP contribution in [-0.4, -0.2) is 46.1 Å². The van der Waals surface area contributed by atoms with Crippen molar-refractivity contribution in [3.63, 3.8) is 0 Å². The van der Waals surface area contributed by atoms with E-state index in [0.29, 0.717) is 13.1 Å². The quantitative estimate of drug-likeness (QED) is 0.726. The van der Waals surface area contributed by atoms with Gasteiger partial charge >= 0.3 is 0 Å². The van der Waals surface area contributed by atoms with E-state index in [1.54, 1.807) is 6.20 Å². The molecule has 29 heavy (non-hydrogen) atoms. The van der Waals surface area contributed by atoms with Crippen molar-refractivity contribution < 1.29 is 9.90 Å². The maximum absolute atomic E-state index is 12.9. The number of benzene rings is 1. The van der Waals surface area contributed by atoms with Crippen molar-refractivity contribution in [2.75, 3.05) is 13.2 Å². The SMILES string of the molecule is C/C=C/c1ccc([C@H]2[C@@H](CO)N[C@@H]2CN(Cc2cccnc2)C(=O)C2CC2)cc1. The van der Waals surface area contributed by atoms with Gasteiger partial charge in [0.05, 0.1) is 6.61 Å². The monoisotopic (exact) mass is 391 g/mol. The maximum Gasteiger partial charge on any atom is 0.226 e. The largest absolute Gasteiger partial charge is 0.395 e. The van der Waals surface area contributed by atoms with E-state index in [9.17, 15) is 9.90 Å². The average molecular weight is 392 g/mol. The highest BCUT2D eigenvalue weighted by Crippen LogP contribution is 2.35. The standard InChI is InChI=1S/C24H29N3O2/c1-2-4-17-6-8-19(9-7-17)23-21(26-22(23)16-28)15-27(24(29)20-10-11-20)14-18-5-3-12-25-13-18/h2-9,12-13,20-23,26,28H,10-11,14-16H2,1H3/b4-2+/t21-,22-,23-/m1/s1. The van der Waals surface area contributed by atoms with Crippen LogP contribution in [0.25, 0.3) is 6.08 Å². The highest BCUT2D eigenvalue weighted by atomic mass is 16.3. The third-order valence-corrected chi connectivity index (χ3v) is 5.92. The van der Waals surface area contributed by atoms with Gasteiger partial charge in [0, 0.05) is 49.4 Å². The van der Waals surface area contributed by atoms with Gasteiger partial charge in [-0.05, 0) is 42.5 Å². The van der Waals surface area contributed by atoms with E-state index in [-0.39, 0.29) is 36.4 Å². The van der Waals surface area contributed by atoms with Gasteiger partial charge in [-0.3, -0.25) is 9.78 Å². The summed E-state index contributed by atoms with van der Waals surface area (Å²) in [7, 11) is 0. The summed E-state index contributed by atoms with van der Waals surface area (Å²) in [6.45, 7) is 3.33. The van der Waals surface area contributed by atoms with Crippen molar-refractivity contribution in [1.82, 2.24) is 15.2 Å². The van der Waals surface area contributed by atoms with Crippen molar-refractivity contribution in [2.24, 2.45) is 5.92 Å². The van der Waals surface area contributed by atoms with Crippen LogP contribution in [-0.2, 0) is 11.3 Å². The van der Waals surface area contributed by atoms with Gasteiger partial charge in [-0.2, -0.15) is 0 Å². The molecule has 2 N–H and O–H groups in total. The summed E-state index contributed by atoms with van der Waals surface area (Å²) in [5, 5.41) is 13.3. The summed E-state index contributed by atoms with van der Waals surface area (Å²) in [6, 6.07) is 12.6. The van der Waals surface area contributed by atoms with Crippen LogP contribution >= 0.6 is 0 Å². The molecule has 0 unspecified atom stereocenters. The number of hydrogen-bond acceptors (Lipinski definition) is 4. The second-order valence-corrected chi connectivity index (χ2v) is 8.11. The molecule has 0 radical (unpaired) electrons. The van der Waals surface area contributed by atoms with Crippen LogP contribution in [0.3, 0.4) is 0 Å². The van der Waals surface area contributed by atoms with Crippen molar-refractivity contribution in [3.05, 3.63) is 71.6 Å². The first-order chi connectivity index (χ1) is 14.2. The molecule has 2 fully saturated rings. The van der Waals surface area contributed by atoms with E-state index in [2.05, 4.69) is 40.6 Å². The summed E-state index contributed by atoms with van der Waals surface area (Å²) in [5.74, 6) is 0.618. The van der Waals surface area contributed by atoms with Crippen molar-refractivity contribution in [3.8, 4) is 0 Å². The zero-order valence-electron chi connectivity index (χ0n) is 16.9. The number of amides is 1. The van der Waals surface area contributed by atoms with Crippen molar-refractivity contribution >= 4 is 12.0 Å².